The smallest absolute Gasteiger partial charge is 0.124 e. The van der Waals surface area contributed by atoms with Gasteiger partial charge in [0.2, 0.25) is 0 Å². The molecule has 1 atom stereocenters. The van der Waals surface area contributed by atoms with Crippen molar-refractivity contribution in [1.82, 2.24) is 0 Å². The Morgan fingerprint density at radius 2 is 1.70 bits per heavy atom. The van der Waals surface area contributed by atoms with E-state index in [1.54, 1.807) is 0 Å². The molecule has 2 nitrogen and oxygen atoms in total. The van der Waals surface area contributed by atoms with Crippen molar-refractivity contribution in [3.8, 4) is 5.75 Å². The lowest BCUT2D eigenvalue weighted by Crippen LogP contribution is -2.27. The van der Waals surface area contributed by atoms with Gasteiger partial charge in [-0.1, -0.05) is 55.0 Å². The third kappa shape index (κ3) is 2.86. The molecule has 0 aromatic heterocycles. The van der Waals surface area contributed by atoms with E-state index < -0.39 is 0 Å². The van der Waals surface area contributed by atoms with Crippen LogP contribution in [0.3, 0.4) is 0 Å². The molecular formula is C18H21NO. The fourth-order valence-corrected chi connectivity index (χ4v) is 2.68. The Kier molecular flexibility index (Phi) is 4.03. The number of benzene rings is 2. The zero-order valence-corrected chi connectivity index (χ0v) is 11.7. The topological polar surface area (TPSA) is 35.2 Å². The summed E-state index contributed by atoms with van der Waals surface area (Å²) in [4.78, 5) is 0. The van der Waals surface area contributed by atoms with Crippen molar-refractivity contribution in [1.29, 1.82) is 0 Å². The van der Waals surface area contributed by atoms with Crippen LogP contribution < -0.4 is 10.5 Å². The van der Waals surface area contributed by atoms with Crippen molar-refractivity contribution in [2.24, 2.45) is 11.7 Å². The number of hydrogen-bond acceptors (Lipinski definition) is 2. The molecule has 1 saturated carbocycles. The van der Waals surface area contributed by atoms with Crippen molar-refractivity contribution >= 4 is 0 Å². The second-order valence-corrected chi connectivity index (χ2v) is 5.53. The molecule has 20 heavy (non-hydrogen) atoms. The van der Waals surface area contributed by atoms with Crippen LogP contribution in [0.5, 0.6) is 5.75 Å². The molecule has 0 heterocycles. The molecule has 1 aliphatic carbocycles. The molecule has 0 spiro atoms. The van der Waals surface area contributed by atoms with Gasteiger partial charge < -0.3 is 10.5 Å². The molecule has 0 amide bonds. The quantitative estimate of drug-likeness (QED) is 0.886. The van der Waals surface area contributed by atoms with Crippen molar-refractivity contribution < 1.29 is 4.74 Å². The first kappa shape index (κ1) is 13.2. The maximum absolute atomic E-state index is 6.39. The Morgan fingerprint density at radius 3 is 2.40 bits per heavy atom. The van der Waals surface area contributed by atoms with Crippen LogP contribution >= 0.6 is 0 Å². The van der Waals surface area contributed by atoms with E-state index in [2.05, 4.69) is 18.2 Å². The average molecular weight is 267 g/mol. The second kappa shape index (κ2) is 6.10. The molecule has 3 rings (SSSR count). The van der Waals surface area contributed by atoms with Crippen LogP contribution in [0.1, 0.15) is 36.4 Å². The number of ether oxygens (including phenoxy) is 1. The molecular weight excluding hydrogens is 246 g/mol. The van der Waals surface area contributed by atoms with Crippen molar-refractivity contribution in [2.75, 3.05) is 0 Å². The molecule has 0 unspecified atom stereocenters. The van der Waals surface area contributed by atoms with E-state index in [0.29, 0.717) is 12.5 Å². The minimum Gasteiger partial charge on any atom is -0.489 e. The minimum absolute atomic E-state index is 0.107. The van der Waals surface area contributed by atoms with Crippen LogP contribution in [-0.2, 0) is 6.61 Å². The molecule has 0 radical (unpaired) electrons. The first-order valence-electron chi connectivity index (χ1n) is 7.36. The summed E-state index contributed by atoms with van der Waals surface area (Å²) < 4.78 is 5.98. The summed E-state index contributed by atoms with van der Waals surface area (Å²) in [5.41, 5.74) is 8.72. The van der Waals surface area contributed by atoms with Gasteiger partial charge in [-0.05, 0) is 30.4 Å². The summed E-state index contributed by atoms with van der Waals surface area (Å²) in [5, 5.41) is 0. The van der Waals surface area contributed by atoms with Crippen LogP contribution in [0.15, 0.2) is 54.6 Å². The maximum atomic E-state index is 6.39. The van der Waals surface area contributed by atoms with Crippen molar-refractivity contribution in [3.63, 3.8) is 0 Å². The van der Waals surface area contributed by atoms with Crippen molar-refractivity contribution in [3.05, 3.63) is 65.7 Å². The Bertz CT molecular complexity index is 548. The lowest BCUT2D eigenvalue weighted by atomic mass is 9.77. The fourth-order valence-electron chi connectivity index (χ4n) is 2.68. The minimum atomic E-state index is 0.107. The zero-order valence-electron chi connectivity index (χ0n) is 11.7. The molecule has 0 aliphatic heterocycles. The molecule has 104 valence electrons. The van der Waals surface area contributed by atoms with E-state index in [4.69, 9.17) is 10.5 Å². The number of rotatable bonds is 5. The summed E-state index contributed by atoms with van der Waals surface area (Å²) in [6.45, 7) is 0.592. The number of para-hydroxylation sites is 1. The monoisotopic (exact) mass is 267 g/mol. The van der Waals surface area contributed by atoms with Gasteiger partial charge in [-0.2, -0.15) is 0 Å². The number of nitrogens with two attached hydrogens (primary N) is 1. The van der Waals surface area contributed by atoms with Crippen LogP contribution in [0.25, 0.3) is 0 Å². The zero-order chi connectivity index (χ0) is 13.8. The van der Waals surface area contributed by atoms with E-state index in [1.165, 1.54) is 24.8 Å². The van der Waals surface area contributed by atoms with E-state index in [0.717, 1.165) is 11.3 Å². The molecule has 2 aromatic rings. The van der Waals surface area contributed by atoms with Gasteiger partial charge in [0, 0.05) is 11.6 Å². The average Bonchev–Trinajstić information content (AvgIpc) is 2.45. The summed E-state index contributed by atoms with van der Waals surface area (Å²) in [5.74, 6) is 1.55. The highest BCUT2D eigenvalue weighted by Crippen LogP contribution is 2.39. The van der Waals surface area contributed by atoms with E-state index in [-0.39, 0.29) is 6.04 Å². The van der Waals surface area contributed by atoms with Gasteiger partial charge >= 0.3 is 0 Å². The Hall–Kier alpha value is -1.80. The highest BCUT2D eigenvalue weighted by atomic mass is 16.5. The summed E-state index contributed by atoms with van der Waals surface area (Å²) in [6, 6.07) is 18.5. The fraction of sp³-hybridized carbons (Fsp3) is 0.333. The lowest BCUT2D eigenvalue weighted by molar-refractivity contribution is 0.251. The standard InChI is InChI=1S/C18H21NO/c19-18(15-9-6-10-15)16-11-4-5-12-17(16)20-13-14-7-2-1-3-8-14/h1-5,7-8,11-12,15,18H,6,9-10,13,19H2/t18-/m1/s1. The van der Waals surface area contributed by atoms with E-state index >= 15 is 0 Å². The van der Waals surface area contributed by atoms with Crippen LogP contribution in [0.4, 0.5) is 0 Å². The van der Waals surface area contributed by atoms with Gasteiger partial charge in [-0.15, -0.1) is 0 Å². The van der Waals surface area contributed by atoms with Gasteiger partial charge in [-0.25, -0.2) is 0 Å². The Balaban J connectivity index is 1.72. The highest BCUT2D eigenvalue weighted by Gasteiger charge is 2.27. The summed E-state index contributed by atoms with van der Waals surface area (Å²) in [7, 11) is 0. The summed E-state index contributed by atoms with van der Waals surface area (Å²) >= 11 is 0. The third-order valence-electron chi connectivity index (χ3n) is 4.17. The van der Waals surface area contributed by atoms with Gasteiger partial charge in [-0.3, -0.25) is 0 Å². The van der Waals surface area contributed by atoms with E-state index in [9.17, 15) is 0 Å². The molecule has 1 fully saturated rings. The third-order valence-corrected chi connectivity index (χ3v) is 4.17. The Labute approximate surface area is 120 Å². The number of hydrogen-bond donors (Lipinski definition) is 1. The second-order valence-electron chi connectivity index (χ2n) is 5.53. The molecule has 2 N–H and O–H groups in total. The Morgan fingerprint density at radius 1 is 1.00 bits per heavy atom. The predicted octanol–water partition coefficient (Wildman–Crippen LogP) is 4.07. The molecule has 2 heteroatoms. The lowest BCUT2D eigenvalue weighted by Gasteiger charge is -2.32. The summed E-state index contributed by atoms with van der Waals surface area (Å²) in [6.07, 6.45) is 3.80. The normalized spacial score (nSPS) is 16.4. The largest absolute Gasteiger partial charge is 0.489 e. The maximum Gasteiger partial charge on any atom is 0.124 e. The first-order valence-corrected chi connectivity index (χ1v) is 7.36. The first-order chi connectivity index (χ1) is 9.84. The van der Waals surface area contributed by atoms with Gasteiger partial charge in [0.05, 0.1) is 0 Å². The van der Waals surface area contributed by atoms with Gasteiger partial charge in [0.25, 0.3) is 0 Å². The SMILES string of the molecule is N[C@@H](c1ccccc1OCc1ccccc1)C1CCC1. The van der Waals surface area contributed by atoms with E-state index in [1.807, 2.05) is 36.4 Å². The highest BCUT2D eigenvalue weighted by molar-refractivity contribution is 5.36. The predicted molar refractivity (Wildman–Crippen MR) is 81.5 cm³/mol. The molecule has 0 bridgehead atoms. The van der Waals surface area contributed by atoms with Crippen LogP contribution in [-0.4, -0.2) is 0 Å². The van der Waals surface area contributed by atoms with Gasteiger partial charge in [0.1, 0.15) is 12.4 Å². The van der Waals surface area contributed by atoms with Crippen molar-refractivity contribution in [2.45, 2.75) is 31.9 Å². The molecule has 2 aromatic carbocycles. The van der Waals surface area contributed by atoms with Crippen LogP contribution in [0.2, 0.25) is 0 Å². The molecule has 0 saturated heterocycles. The molecule has 1 aliphatic rings. The van der Waals surface area contributed by atoms with Crippen LogP contribution in [0, 0.1) is 5.92 Å². The van der Waals surface area contributed by atoms with Gasteiger partial charge in [0.15, 0.2) is 0 Å².